The topological polar surface area (TPSA) is 72.3 Å². The van der Waals surface area contributed by atoms with Crippen LogP contribution in [0.5, 0.6) is 0 Å². The Kier molecular flexibility index (Phi) is 1.81. The molecule has 0 spiro atoms. The van der Waals surface area contributed by atoms with E-state index in [2.05, 4.69) is 20.1 Å². The van der Waals surface area contributed by atoms with Gasteiger partial charge in [-0.15, -0.1) is 10.2 Å². The van der Waals surface area contributed by atoms with Crippen LogP contribution in [0.25, 0.3) is 5.65 Å². The van der Waals surface area contributed by atoms with Crippen molar-refractivity contribution in [2.24, 2.45) is 11.7 Å². The number of anilines is 1. The number of fused-ring (bicyclic) bond motifs is 1. The molecule has 2 aromatic rings. The predicted octanol–water partition coefficient (Wildman–Crippen LogP) is -0.481. The van der Waals surface area contributed by atoms with Crippen LogP contribution in [-0.4, -0.2) is 39.2 Å². The number of rotatable bonds is 2. The van der Waals surface area contributed by atoms with Crippen molar-refractivity contribution in [3.8, 4) is 0 Å². The number of hydrogen-bond acceptors (Lipinski definition) is 5. The molecule has 0 unspecified atom stereocenters. The van der Waals surface area contributed by atoms with Gasteiger partial charge >= 0.3 is 0 Å². The molecule has 3 rings (SSSR count). The van der Waals surface area contributed by atoms with Crippen molar-refractivity contribution >= 4 is 11.5 Å². The second-order valence-corrected chi connectivity index (χ2v) is 3.82. The van der Waals surface area contributed by atoms with E-state index in [0.29, 0.717) is 5.92 Å². The van der Waals surface area contributed by atoms with Crippen LogP contribution >= 0.6 is 0 Å². The fraction of sp³-hybridized carbons (Fsp3) is 0.444. The first-order valence-corrected chi connectivity index (χ1v) is 4.98. The maximum Gasteiger partial charge on any atom is 0.203 e. The summed E-state index contributed by atoms with van der Waals surface area (Å²) < 4.78 is 1.87. The molecule has 2 aromatic heterocycles. The highest BCUT2D eigenvalue weighted by molar-refractivity contribution is 5.64. The number of nitrogens with zero attached hydrogens (tertiary/aromatic N) is 5. The molecule has 0 saturated carbocycles. The molecule has 1 aliphatic heterocycles. The van der Waals surface area contributed by atoms with Crippen LogP contribution in [-0.2, 0) is 0 Å². The molecule has 0 amide bonds. The molecule has 15 heavy (non-hydrogen) atoms. The smallest absolute Gasteiger partial charge is 0.203 e. The van der Waals surface area contributed by atoms with Gasteiger partial charge < -0.3 is 10.6 Å². The molecule has 1 saturated heterocycles. The first-order valence-electron chi connectivity index (χ1n) is 4.98. The van der Waals surface area contributed by atoms with Gasteiger partial charge in [-0.3, -0.25) is 4.40 Å². The zero-order chi connectivity index (χ0) is 10.3. The van der Waals surface area contributed by atoms with Crippen molar-refractivity contribution in [3.05, 3.63) is 18.7 Å². The predicted molar refractivity (Wildman–Crippen MR) is 55.5 cm³/mol. The minimum atomic E-state index is 0.593. The molecular formula is C9H12N6. The Bertz CT molecular complexity index is 472. The van der Waals surface area contributed by atoms with Crippen LogP contribution in [0, 0.1) is 5.92 Å². The van der Waals surface area contributed by atoms with E-state index in [-0.39, 0.29) is 0 Å². The van der Waals surface area contributed by atoms with Gasteiger partial charge in [-0.1, -0.05) is 0 Å². The average Bonchev–Trinajstić information content (AvgIpc) is 2.64. The Balaban J connectivity index is 1.95. The lowest BCUT2D eigenvalue weighted by molar-refractivity contribution is 0.417. The SMILES string of the molecule is NCC1CN(c2nccn3cnnc23)C1. The molecule has 2 N–H and O–H groups in total. The molecule has 0 radical (unpaired) electrons. The van der Waals surface area contributed by atoms with Crippen molar-refractivity contribution < 1.29 is 0 Å². The third-order valence-corrected chi connectivity index (χ3v) is 2.79. The second-order valence-electron chi connectivity index (χ2n) is 3.82. The van der Waals surface area contributed by atoms with E-state index >= 15 is 0 Å². The van der Waals surface area contributed by atoms with E-state index in [9.17, 15) is 0 Å². The third kappa shape index (κ3) is 1.25. The van der Waals surface area contributed by atoms with Crippen molar-refractivity contribution in [1.82, 2.24) is 19.6 Å². The molecule has 6 heteroatoms. The third-order valence-electron chi connectivity index (χ3n) is 2.79. The highest BCUT2D eigenvalue weighted by Crippen LogP contribution is 2.24. The highest BCUT2D eigenvalue weighted by Gasteiger charge is 2.28. The molecule has 0 atom stereocenters. The van der Waals surface area contributed by atoms with Crippen LogP contribution < -0.4 is 10.6 Å². The molecule has 6 nitrogen and oxygen atoms in total. The average molecular weight is 204 g/mol. The van der Waals surface area contributed by atoms with E-state index in [1.807, 2.05) is 10.6 Å². The molecule has 0 aliphatic carbocycles. The minimum Gasteiger partial charge on any atom is -0.353 e. The fourth-order valence-corrected chi connectivity index (χ4v) is 1.86. The molecule has 0 bridgehead atoms. The van der Waals surface area contributed by atoms with Crippen LogP contribution in [0.15, 0.2) is 18.7 Å². The van der Waals surface area contributed by atoms with Crippen molar-refractivity contribution in [2.75, 3.05) is 24.5 Å². The Morgan fingerprint density at radius 2 is 2.33 bits per heavy atom. The quantitative estimate of drug-likeness (QED) is 0.715. The van der Waals surface area contributed by atoms with Gasteiger partial charge in [-0.25, -0.2) is 4.98 Å². The van der Waals surface area contributed by atoms with E-state index in [1.165, 1.54) is 0 Å². The Morgan fingerprint density at radius 3 is 3.13 bits per heavy atom. The van der Waals surface area contributed by atoms with Crippen molar-refractivity contribution in [1.29, 1.82) is 0 Å². The minimum absolute atomic E-state index is 0.593. The standard InChI is InChI=1S/C9H12N6/c10-3-7-4-15(5-7)8-9-13-12-6-14(9)2-1-11-8/h1-2,6-7H,3-5,10H2. The van der Waals surface area contributed by atoms with Gasteiger partial charge in [0.2, 0.25) is 5.65 Å². The molecule has 1 aliphatic rings. The van der Waals surface area contributed by atoms with Crippen LogP contribution in [0.4, 0.5) is 5.82 Å². The van der Waals surface area contributed by atoms with Crippen molar-refractivity contribution in [3.63, 3.8) is 0 Å². The van der Waals surface area contributed by atoms with Gasteiger partial charge in [0.15, 0.2) is 5.82 Å². The summed E-state index contributed by atoms with van der Waals surface area (Å²) in [4.78, 5) is 6.51. The number of nitrogens with two attached hydrogens (primary N) is 1. The van der Waals surface area contributed by atoms with Crippen LogP contribution in [0.1, 0.15) is 0 Å². The van der Waals surface area contributed by atoms with E-state index in [1.54, 1.807) is 12.5 Å². The summed E-state index contributed by atoms with van der Waals surface area (Å²) in [5.41, 5.74) is 6.40. The van der Waals surface area contributed by atoms with Crippen LogP contribution in [0.3, 0.4) is 0 Å². The van der Waals surface area contributed by atoms with E-state index in [4.69, 9.17) is 5.73 Å². The Morgan fingerprint density at radius 1 is 1.47 bits per heavy atom. The fourth-order valence-electron chi connectivity index (χ4n) is 1.86. The Hall–Kier alpha value is -1.69. The molecule has 0 aromatic carbocycles. The zero-order valence-corrected chi connectivity index (χ0v) is 8.24. The van der Waals surface area contributed by atoms with Gasteiger partial charge in [-0.2, -0.15) is 0 Å². The lowest BCUT2D eigenvalue weighted by Gasteiger charge is -2.39. The summed E-state index contributed by atoms with van der Waals surface area (Å²) in [7, 11) is 0. The Labute approximate surface area is 86.7 Å². The summed E-state index contributed by atoms with van der Waals surface area (Å²) >= 11 is 0. The van der Waals surface area contributed by atoms with Crippen LogP contribution in [0.2, 0.25) is 0 Å². The maximum atomic E-state index is 5.59. The van der Waals surface area contributed by atoms with Gasteiger partial charge in [0.25, 0.3) is 0 Å². The second kappa shape index (κ2) is 3.16. The van der Waals surface area contributed by atoms with Crippen molar-refractivity contribution in [2.45, 2.75) is 0 Å². The summed E-state index contributed by atoms with van der Waals surface area (Å²) in [6.07, 6.45) is 5.29. The molecule has 3 heterocycles. The number of hydrogen-bond donors (Lipinski definition) is 1. The first kappa shape index (κ1) is 8.60. The summed E-state index contributed by atoms with van der Waals surface area (Å²) in [6.45, 7) is 2.68. The monoisotopic (exact) mass is 204 g/mol. The summed E-state index contributed by atoms with van der Waals surface area (Å²) in [5, 5.41) is 7.91. The number of aromatic nitrogens is 4. The summed E-state index contributed by atoms with van der Waals surface area (Å²) in [5.74, 6) is 1.50. The highest BCUT2D eigenvalue weighted by atomic mass is 15.3. The first-order chi connectivity index (χ1) is 7.38. The summed E-state index contributed by atoms with van der Waals surface area (Å²) in [6, 6.07) is 0. The maximum absolute atomic E-state index is 5.59. The normalized spacial score (nSPS) is 17.0. The van der Waals surface area contributed by atoms with Gasteiger partial charge in [0.1, 0.15) is 6.33 Å². The molecule has 78 valence electrons. The van der Waals surface area contributed by atoms with Gasteiger partial charge in [-0.05, 0) is 6.54 Å². The largest absolute Gasteiger partial charge is 0.353 e. The van der Waals surface area contributed by atoms with E-state index < -0.39 is 0 Å². The molecule has 1 fully saturated rings. The zero-order valence-electron chi connectivity index (χ0n) is 8.24. The molecular weight excluding hydrogens is 192 g/mol. The van der Waals surface area contributed by atoms with Gasteiger partial charge in [0, 0.05) is 31.4 Å². The lowest BCUT2D eigenvalue weighted by atomic mass is 10.0. The van der Waals surface area contributed by atoms with E-state index in [0.717, 1.165) is 31.1 Å². The van der Waals surface area contributed by atoms with Gasteiger partial charge in [0.05, 0.1) is 0 Å². The lowest BCUT2D eigenvalue weighted by Crippen LogP contribution is -2.50.